The Hall–Kier alpha value is -4.15. The van der Waals surface area contributed by atoms with Crippen molar-refractivity contribution in [2.75, 3.05) is 55.8 Å². The minimum atomic E-state index is -2.73. The van der Waals surface area contributed by atoms with Crippen molar-refractivity contribution in [1.29, 1.82) is 0 Å². The van der Waals surface area contributed by atoms with Crippen molar-refractivity contribution < 1.29 is 23.2 Å². The molecule has 1 spiro atoms. The second-order valence-electron chi connectivity index (χ2n) is 10.1. The Kier molecular flexibility index (Phi) is 5.94. The molecule has 0 bridgehead atoms. The number of benzene rings is 1. The lowest BCUT2D eigenvalue weighted by Gasteiger charge is -2.54. The molecule has 5 rings (SSSR count). The van der Waals surface area contributed by atoms with Gasteiger partial charge in [0.05, 0.1) is 24.2 Å². The highest BCUT2D eigenvalue weighted by molar-refractivity contribution is 6.00. The number of ether oxygens (including phenoxy) is 1. The average Bonchev–Trinajstić information content (AvgIpc) is 3.76. The predicted octanol–water partition coefficient (Wildman–Crippen LogP) is 2.55. The van der Waals surface area contributed by atoms with E-state index in [-0.39, 0.29) is 40.3 Å². The highest BCUT2D eigenvalue weighted by atomic mass is 16.5. The first-order valence-corrected chi connectivity index (χ1v) is 12.6. The van der Waals surface area contributed by atoms with Crippen molar-refractivity contribution in [2.45, 2.75) is 25.7 Å². The van der Waals surface area contributed by atoms with Gasteiger partial charge in [0, 0.05) is 54.7 Å². The van der Waals surface area contributed by atoms with Crippen molar-refractivity contribution >= 4 is 40.6 Å². The maximum absolute atomic E-state index is 12.8. The minimum Gasteiger partial charge on any atom is -0.492 e. The molecule has 1 aromatic carbocycles. The second kappa shape index (κ2) is 10.3. The van der Waals surface area contributed by atoms with Crippen LogP contribution < -0.4 is 25.6 Å². The van der Waals surface area contributed by atoms with Crippen LogP contribution in [0.1, 0.15) is 40.3 Å². The van der Waals surface area contributed by atoms with Gasteiger partial charge in [-0.15, -0.1) is 10.2 Å². The van der Waals surface area contributed by atoms with Gasteiger partial charge >= 0.3 is 0 Å². The molecule has 3 fully saturated rings. The maximum atomic E-state index is 12.8. The van der Waals surface area contributed by atoms with Crippen LogP contribution in [0.25, 0.3) is 0 Å². The molecule has 11 nitrogen and oxygen atoms in total. The van der Waals surface area contributed by atoms with E-state index in [1.807, 2.05) is 22.3 Å². The maximum Gasteiger partial charge on any atom is 0.273 e. The number of methoxy groups -OCH3 is 1. The number of anilines is 4. The third-order valence-electron chi connectivity index (χ3n) is 7.49. The molecule has 0 atom stereocenters. The number of carbonyl (C=O) groups is 3. The van der Waals surface area contributed by atoms with Crippen LogP contribution in [-0.2, 0) is 9.59 Å². The van der Waals surface area contributed by atoms with Gasteiger partial charge in [-0.2, -0.15) is 0 Å². The molecule has 38 heavy (non-hydrogen) atoms. The van der Waals surface area contributed by atoms with Crippen molar-refractivity contribution in [1.82, 2.24) is 20.4 Å². The van der Waals surface area contributed by atoms with E-state index < -0.39 is 12.9 Å². The molecule has 3 heterocycles. The lowest BCUT2D eigenvalue weighted by Crippen LogP contribution is -2.61. The molecule has 0 radical (unpaired) electrons. The lowest BCUT2D eigenvalue weighted by atomic mass is 9.72. The van der Waals surface area contributed by atoms with Gasteiger partial charge < -0.3 is 30.5 Å². The smallest absolute Gasteiger partial charge is 0.273 e. The molecule has 1 aliphatic carbocycles. The molecule has 2 aromatic rings. The van der Waals surface area contributed by atoms with Gasteiger partial charge in [0.25, 0.3) is 5.91 Å². The molecule has 11 heteroatoms. The Bertz CT molecular complexity index is 1360. The van der Waals surface area contributed by atoms with Gasteiger partial charge in [-0.1, -0.05) is 12.6 Å². The second-order valence-corrected chi connectivity index (χ2v) is 10.1. The Balaban J connectivity index is 1.37. The summed E-state index contributed by atoms with van der Waals surface area (Å²) in [5, 5.41) is 15.7. The third-order valence-corrected chi connectivity index (χ3v) is 7.49. The number of carbonyl (C=O) groups excluding carboxylic acids is 3. The number of nitrogens with zero attached hydrogens (tertiary/aromatic N) is 4. The zero-order valence-corrected chi connectivity index (χ0v) is 21.2. The summed E-state index contributed by atoms with van der Waals surface area (Å²) in [7, 11) is 1.55. The van der Waals surface area contributed by atoms with E-state index in [0.29, 0.717) is 11.4 Å². The Morgan fingerprint density at radius 1 is 1.18 bits per heavy atom. The fraction of sp³-hybridized carbons (Fsp3) is 0.444. The Labute approximate surface area is 225 Å². The zero-order valence-electron chi connectivity index (χ0n) is 24.2. The number of rotatable bonds is 8. The predicted molar refractivity (Wildman–Crippen MR) is 144 cm³/mol. The number of aromatic nitrogens is 2. The van der Waals surface area contributed by atoms with Crippen LogP contribution in [0, 0.1) is 11.3 Å². The minimum absolute atomic E-state index is 0.0359. The van der Waals surface area contributed by atoms with Gasteiger partial charge in [0.2, 0.25) is 11.8 Å². The normalized spacial score (nSPS) is 19.3. The summed E-state index contributed by atoms with van der Waals surface area (Å²) in [6, 6.07) is 7.02. The molecule has 0 unspecified atom stereocenters. The fourth-order valence-corrected chi connectivity index (χ4v) is 5.17. The number of hydrogen-bond acceptors (Lipinski definition) is 8. The lowest BCUT2D eigenvalue weighted by molar-refractivity contribution is -0.139. The highest BCUT2D eigenvalue weighted by Gasteiger charge is 2.46. The topological polar surface area (TPSA) is 129 Å². The van der Waals surface area contributed by atoms with Crippen LogP contribution in [0.2, 0.25) is 0 Å². The fourth-order valence-electron chi connectivity index (χ4n) is 5.17. The SMILES string of the molecule is [2H]C([2H])([2H])NC(=O)c1nnc(NC(=O)C2CC2)cc1Nc1cccc(N2CCC3(CC2)CN(C(=O)C=C)C3)c1OC. The van der Waals surface area contributed by atoms with Crippen molar-refractivity contribution in [3.05, 3.63) is 42.6 Å². The van der Waals surface area contributed by atoms with Crippen LogP contribution in [0.5, 0.6) is 5.75 Å². The zero-order chi connectivity index (χ0) is 29.4. The summed E-state index contributed by atoms with van der Waals surface area (Å²) >= 11 is 0. The van der Waals surface area contributed by atoms with Gasteiger partial charge in [-0.25, -0.2) is 0 Å². The molecule has 2 saturated heterocycles. The average molecular weight is 523 g/mol. The van der Waals surface area contributed by atoms with Crippen molar-refractivity contribution in [3.8, 4) is 5.75 Å². The monoisotopic (exact) mass is 522 g/mol. The summed E-state index contributed by atoms with van der Waals surface area (Å²) in [5.41, 5.74) is 1.40. The largest absolute Gasteiger partial charge is 0.492 e. The molecule has 1 aromatic heterocycles. The van der Waals surface area contributed by atoms with Crippen LogP contribution >= 0.6 is 0 Å². The number of nitrogens with one attached hydrogen (secondary N) is 3. The third kappa shape index (κ3) is 5.00. The summed E-state index contributed by atoms with van der Waals surface area (Å²) < 4.78 is 28.0. The molecular weight excluding hydrogens is 486 g/mol. The summed E-state index contributed by atoms with van der Waals surface area (Å²) in [6.45, 7) is 3.86. The number of para-hydroxylation sites is 1. The van der Waals surface area contributed by atoms with E-state index in [0.717, 1.165) is 57.5 Å². The summed E-state index contributed by atoms with van der Waals surface area (Å²) in [4.78, 5) is 41.1. The van der Waals surface area contributed by atoms with E-state index in [1.165, 1.54) is 12.1 Å². The van der Waals surface area contributed by atoms with E-state index in [1.54, 1.807) is 13.2 Å². The van der Waals surface area contributed by atoms with Gasteiger partial charge in [-0.05, 0) is 43.9 Å². The molecule has 3 N–H and O–H groups in total. The van der Waals surface area contributed by atoms with E-state index >= 15 is 0 Å². The standard InChI is InChI=1S/C27H33N7O4/c1-4-22(35)34-15-27(16-34)10-12-33(13-11-27)20-7-5-6-18(24(20)38-3)29-19-14-21(30-25(36)17-8-9-17)31-32-23(19)26(37)28-2/h4-7,14,17H,1,8-13,15-16H2,2-3H3,(H,28,37)(H2,29,30,31,36)/i2D3. The van der Waals surface area contributed by atoms with Crippen LogP contribution in [0.4, 0.5) is 22.9 Å². The first-order chi connectivity index (χ1) is 19.5. The number of hydrogen-bond donors (Lipinski definition) is 3. The van der Waals surface area contributed by atoms with Gasteiger partial charge in [-0.3, -0.25) is 14.4 Å². The quantitative estimate of drug-likeness (QED) is 0.451. The summed E-state index contributed by atoms with van der Waals surface area (Å²) in [6.07, 6.45) is 4.80. The first kappa shape index (κ1) is 21.9. The first-order valence-electron chi connectivity index (χ1n) is 14.1. The van der Waals surface area contributed by atoms with Crippen LogP contribution in [0.15, 0.2) is 36.9 Å². The highest BCUT2D eigenvalue weighted by Crippen LogP contribution is 2.44. The molecule has 200 valence electrons. The van der Waals surface area contributed by atoms with Gasteiger partial charge in [0.1, 0.15) is 0 Å². The van der Waals surface area contributed by atoms with Crippen LogP contribution in [0.3, 0.4) is 0 Å². The Morgan fingerprint density at radius 3 is 2.61 bits per heavy atom. The molecule has 3 amide bonds. The Morgan fingerprint density at radius 2 is 1.95 bits per heavy atom. The van der Waals surface area contributed by atoms with Crippen LogP contribution in [-0.4, -0.2) is 73.1 Å². The molecular formula is C27H33N7O4. The molecule has 3 aliphatic rings. The number of likely N-dealkylation sites (tertiary alicyclic amines) is 1. The number of piperidine rings is 1. The van der Waals surface area contributed by atoms with E-state index in [2.05, 4.69) is 32.3 Å². The van der Waals surface area contributed by atoms with E-state index in [9.17, 15) is 14.4 Å². The molecule has 1 saturated carbocycles. The summed E-state index contributed by atoms with van der Waals surface area (Å²) in [5.74, 6) is -0.570. The van der Waals surface area contributed by atoms with Crippen molar-refractivity contribution in [3.63, 3.8) is 0 Å². The van der Waals surface area contributed by atoms with Gasteiger partial charge in [0.15, 0.2) is 17.3 Å². The molecule has 2 aliphatic heterocycles. The van der Waals surface area contributed by atoms with Crippen molar-refractivity contribution in [2.24, 2.45) is 11.3 Å². The van der Waals surface area contributed by atoms with E-state index in [4.69, 9.17) is 8.85 Å². The number of amides is 3.